The molecule has 0 aliphatic heterocycles. The number of halogens is 1. The lowest BCUT2D eigenvalue weighted by Crippen LogP contribution is -2.23. The lowest BCUT2D eigenvalue weighted by atomic mass is 10.2. The van der Waals surface area contributed by atoms with Gasteiger partial charge in [-0.25, -0.2) is 4.98 Å². The van der Waals surface area contributed by atoms with Crippen molar-refractivity contribution in [2.24, 2.45) is 5.73 Å². The van der Waals surface area contributed by atoms with E-state index in [1.54, 1.807) is 6.92 Å². The molecule has 1 unspecified atom stereocenters. The van der Waals surface area contributed by atoms with E-state index in [1.807, 2.05) is 24.3 Å². The van der Waals surface area contributed by atoms with Gasteiger partial charge in [0.25, 0.3) is 5.91 Å². The van der Waals surface area contributed by atoms with Crippen LogP contribution in [-0.2, 0) is 6.54 Å². The van der Waals surface area contributed by atoms with Gasteiger partial charge in [-0.2, -0.15) is 0 Å². The summed E-state index contributed by atoms with van der Waals surface area (Å²) in [6.45, 7) is 2.17. The van der Waals surface area contributed by atoms with Gasteiger partial charge in [-0.3, -0.25) is 4.79 Å². The number of hydrogen-bond donors (Lipinski definition) is 2. The van der Waals surface area contributed by atoms with Gasteiger partial charge in [0.1, 0.15) is 6.26 Å². The Morgan fingerprint density at radius 2 is 2.37 bits per heavy atom. The first-order chi connectivity index (χ1) is 9.06. The zero-order valence-electron chi connectivity index (χ0n) is 10.4. The molecule has 100 valence electrons. The zero-order chi connectivity index (χ0) is 13.8. The summed E-state index contributed by atoms with van der Waals surface area (Å²) in [5, 5.41) is 2.77. The summed E-state index contributed by atoms with van der Waals surface area (Å²) in [7, 11) is 0. The third-order valence-corrected chi connectivity index (χ3v) is 2.98. The monoisotopic (exact) mass is 323 g/mol. The van der Waals surface area contributed by atoms with Crippen LogP contribution in [0.5, 0.6) is 0 Å². The summed E-state index contributed by atoms with van der Waals surface area (Å²) in [5.74, 6) is 0.0724. The van der Waals surface area contributed by atoms with E-state index >= 15 is 0 Å². The van der Waals surface area contributed by atoms with Crippen molar-refractivity contribution < 1.29 is 9.21 Å². The highest BCUT2D eigenvalue weighted by Gasteiger charge is 2.13. The molecule has 6 heteroatoms. The second-order valence-electron chi connectivity index (χ2n) is 4.17. The number of benzene rings is 1. The van der Waals surface area contributed by atoms with Crippen molar-refractivity contribution in [3.63, 3.8) is 0 Å². The summed E-state index contributed by atoms with van der Waals surface area (Å²) in [6.07, 6.45) is 1.31. The van der Waals surface area contributed by atoms with E-state index in [2.05, 4.69) is 26.2 Å². The van der Waals surface area contributed by atoms with E-state index in [0.29, 0.717) is 12.4 Å². The largest absolute Gasteiger partial charge is 0.446 e. The Morgan fingerprint density at radius 1 is 1.58 bits per heavy atom. The highest BCUT2D eigenvalue weighted by atomic mass is 79.9. The molecule has 2 rings (SSSR count). The molecule has 1 aromatic carbocycles. The topological polar surface area (TPSA) is 81.1 Å². The van der Waals surface area contributed by atoms with E-state index in [-0.39, 0.29) is 17.6 Å². The molecule has 1 amide bonds. The first-order valence-electron chi connectivity index (χ1n) is 5.80. The molecule has 0 bridgehead atoms. The number of nitrogens with two attached hydrogens (primary N) is 1. The predicted molar refractivity (Wildman–Crippen MR) is 74.4 cm³/mol. The second kappa shape index (κ2) is 5.99. The van der Waals surface area contributed by atoms with Gasteiger partial charge in [-0.1, -0.05) is 28.1 Å². The van der Waals surface area contributed by atoms with Gasteiger partial charge in [-0.05, 0) is 24.6 Å². The van der Waals surface area contributed by atoms with Gasteiger partial charge in [0.05, 0.1) is 6.04 Å². The van der Waals surface area contributed by atoms with Gasteiger partial charge in [0.2, 0.25) is 5.89 Å². The Balaban J connectivity index is 1.97. The molecule has 3 N–H and O–H groups in total. The standard InChI is InChI=1S/C13H14BrN3O2/c1-8(15)13-17-11(7-19-13)12(18)16-6-9-3-2-4-10(14)5-9/h2-5,7-8H,6,15H2,1H3,(H,16,18). The van der Waals surface area contributed by atoms with Crippen molar-refractivity contribution in [2.75, 3.05) is 0 Å². The van der Waals surface area contributed by atoms with Crippen LogP contribution in [0.15, 0.2) is 39.4 Å². The van der Waals surface area contributed by atoms with Gasteiger partial charge < -0.3 is 15.5 Å². The molecule has 0 aliphatic rings. The number of carbonyl (C=O) groups excluding carboxylic acids is 1. The van der Waals surface area contributed by atoms with Gasteiger partial charge in [0, 0.05) is 11.0 Å². The Hall–Kier alpha value is -1.66. The number of oxazole rings is 1. The van der Waals surface area contributed by atoms with E-state index in [1.165, 1.54) is 6.26 Å². The third-order valence-electron chi connectivity index (χ3n) is 2.49. The fraction of sp³-hybridized carbons (Fsp3) is 0.231. The molecule has 2 aromatic rings. The first-order valence-corrected chi connectivity index (χ1v) is 6.59. The molecule has 1 atom stereocenters. The van der Waals surface area contributed by atoms with Crippen LogP contribution < -0.4 is 11.1 Å². The summed E-state index contributed by atoms with van der Waals surface area (Å²) < 4.78 is 6.09. The highest BCUT2D eigenvalue weighted by molar-refractivity contribution is 9.10. The van der Waals surface area contributed by atoms with Gasteiger partial charge in [-0.15, -0.1) is 0 Å². The van der Waals surface area contributed by atoms with Gasteiger partial charge >= 0.3 is 0 Å². The van der Waals surface area contributed by atoms with Crippen LogP contribution in [0.3, 0.4) is 0 Å². The number of aromatic nitrogens is 1. The number of carbonyl (C=O) groups is 1. The quantitative estimate of drug-likeness (QED) is 0.905. The van der Waals surface area contributed by atoms with Crippen LogP contribution in [0.2, 0.25) is 0 Å². The normalized spacial score (nSPS) is 12.2. The minimum atomic E-state index is -0.327. The minimum absolute atomic E-state index is 0.238. The molecule has 0 saturated heterocycles. The first kappa shape index (κ1) is 13.8. The Kier molecular flexibility index (Phi) is 4.34. The number of amides is 1. The smallest absolute Gasteiger partial charge is 0.273 e. The van der Waals surface area contributed by atoms with Crippen LogP contribution in [0.1, 0.15) is 34.9 Å². The van der Waals surface area contributed by atoms with E-state index in [4.69, 9.17) is 10.2 Å². The van der Waals surface area contributed by atoms with Crippen molar-refractivity contribution in [1.82, 2.24) is 10.3 Å². The van der Waals surface area contributed by atoms with Crippen LogP contribution in [-0.4, -0.2) is 10.9 Å². The Bertz CT molecular complexity index is 581. The Labute approximate surface area is 119 Å². The van der Waals surface area contributed by atoms with Gasteiger partial charge in [0.15, 0.2) is 5.69 Å². The van der Waals surface area contributed by atoms with Crippen molar-refractivity contribution in [2.45, 2.75) is 19.5 Å². The second-order valence-corrected chi connectivity index (χ2v) is 5.09. The summed E-state index contributed by atoms with van der Waals surface area (Å²) in [5.41, 5.74) is 6.85. The molecular formula is C13H14BrN3O2. The summed E-state index contributed by atoms with van der Waals surface area (Å²) in [6, 6.07) is 7.39. The molecule has 0 radical (unpaired) electrons. The molecule has 0 saturated carbocycles. The maximum Gasteiger partial charge on any atom is 0.273 e. The molecule has 0 fully saturated rings. The fourth-order valence-corrected chi connectivity index (χ4v) is 1.97. The van der Waals surface area contributed by atoms with Crippen molar-refractivity contribution in [1.29, 1.82) is 0 Å². The molecule has 19 heavy (non-hydrogen) atoms. The van der Waals surface area contributed by atoms with Crippen LogP contribution in [0.25, 0.3) is 0 Å². The molecule has 5 nitrogen and oxygen atoms in total. The molecule has 0 spiro atoms. The molecular weight excluding hydrogens is 310 g/mol. The van der Waals surface area contributed by atoms with Crippen molar-refractivity contribution in [3.05, 3.63) is 52.1 Å². The highest BCUT2D eigenvalue weighted by Crippen LogP contribution is 2.12. The summed E-state index contributed by atoms with van der Waals surface area (Å²) in [4.78, 5) is 15.9. The van der Waals surface area contributed by atoms with Crippen LogP contribution in [0.4, 0.5) is 0 Å². The third kappa shape index (κ3) is 3.65. The van der Waals surface area contributed by atoms with Crippen molar-refractivity contribution >= 4 is 21.8 Å². The average molecular weight is 324 g/mol. The van der Waals surface area contributed by atoms with E-state index in [9.17, 15) is 4.79 Å². The van der Waals surface area contributed by atoms with Crippen LogP contribution in [0, 0.1) is 0 Å². The lowest BCUT2D eigenvalue weighted by molar-refractivity contribution is 0.0946. The predicted octanol–water partition coefficient (Wildman–Crippen LogP) is 2.39. The number of nitrogens with one attached hydrogen (secondary N) is 1. The maximum absolute atomic E-state index is 11.9. The number of rotatable bonds is 4. The van der Waals surface area contributed by atoms with Crippen molar-refractivity contribution in [3.8, 4) is 0 Å². The summed E-state index contributed by atoms with van der Waals surface area (Å²) >= 11 is 3.38. The zero-order valence-corrected chi connectivity index (χ0v) is 12.0. The van der Waals surface area contributed by atoms with Crippen LogP contribution >= 0.6 is 15.9 Å². The molecule has 1 heterocycles. The number of nitrogens with zero attached hydrogens (tertiary/aromatic N) is 1. The molecule has 1 aromatic heterocycles. The Morgan fingerprint density at radius 3 is 3.00 bits per heavy atom. The average Bonchev–Trinajstić information content (AvgIpc) is 2.86. The fourth-order valence-electron chi connectivity index (χ4n) is 1.52. The van der Waals surface area contributed by atoms with E-state index < -0.39 is 0 Å². The SMILES string of the molecule is CC(N)c1nc(C(=O)NCc2cccc(Br)c2)co1. The minimum Gasteiger partial charge on any atom is -0.446 e. The lowest BCUT2D eigenvalue weighted by Gasteiger charge is -2.03. The van der Waals surface area contributed by atoms with E-state index in [0.717, 1.165) is 10.0 Å². The number of hydrogen-bond acceptors (Lipinski definition) is 4. The maximum atomic E-state index is 11.9. The molecule has 0 aliphatic carbocycles.